The second-order valence-corrected chi connectivity index (χ2v) is 9.01. The molecule has 0 bridgehead atoms. The zero-order chi connectivity index (χ0) is 23.8. The number of methoxy groups -OCH3 is 2. The Hall–Kier alpha value is -3.10. The Morgan fingerprint density at radius 2 is 1.67 bits per heavy atom. The lowest BCUT2D eigenvalue weighted by atomic mass is 9.93. The minimum atomic E-state index is -0.985. The summed E-state index contributed by atoms with van der Waals surface area (Å²) in [5.41, 5.74) is 4.55. The molecule has 2 atom stereocenters. The number of quaternary nitrogens is 1. The molecule has 8 nitrogen and oxygen atoms in total. The maximum Gasteiger partial charge on any atom is 0.540 e. The number of nitrogens with zero attached hydrogens (tertiary/aromatic N) is 4. The van der Waals surface area contributed by atoms with Crippen LogP contribution in [0.5, 0.6) is 11.5 Å². The van der Waals surface area contributed by atoms with E-state index in [1.54, 1.807) is 21.3 Å². The number of benzene rings is 2. The molecule has 0 radical (unpaired) electrons. The molecule has 2 aromatic rings. The van der Waals surface area contributed by atoms with Crippen LogP contribution in [-0.2, 0) is 6.42 Å². The van der Waals surface area contributed by atoms with Crippen LogP contribution in [0.2, 0.25) is 0 Å². The Morgan fingerprint density at radius 1 is 1.06 bits per heavy atom. The van der Waals surface area contributed by atoms with Crippen LogP contribution in [0.1, 0.15) is 23.6 Å². The second kappa shape index (κ2) is 9.03. The molecule has 1 saturated heterocycles. The van der Waals surface area contributed by atoms with Crippen molar-refractivity contribution >= 4 is 17.5 Å². The number of hydrogen-bond acceptors (Lipinski definition) is 6. The summed E-state index contributed by atoms with van der Waals surface area (Å²) in [4.78, 5) is 17.0. The first-order valence-electron chi connectivity index (χ1n) is 11.3. The fourth-order valence-corrected chi connectivity index (χ4v) is 4.51. The molecular weight excluding hydrogens is 420 g/mol. The van der Waals surface area contributed by atoms with E-state index in [1.165, 1.54) is 0 Å². The third-order valence-electron chi connectivity index (χ3n) is 6.94. The number of amides is 1. The van der Waals surface area contributed by atoms with E-state index < -0.39 is 10.7 Å². The van der Waals surface area contributed by atoms with Gasteiger partial charge in [-0.25, -0.2) is 0 Å². The van der Waals surface area contributed by atoms with Gasteiger partial charge >= 0.3 is 6.09 Å². The highest BCUT2D eigenvalue weighted by Crippen LogP contribution is 2.36. The van der Waals surface area contributed by atoms with Crippen molar-refractivity contribution in [1.29, 1.82) is 0 Å². The minimum absolute atomic E-state index is 0.263. The van der Waals surface area contributed by atoms with E-state index in [4.69, 9.17) is 14.6 Å². The van der Waals surface area contributed by atoms with Crippen LogP contribution in [0.15, 0.2) is 41.5 Å². The standard InChI is InChI=1S/C25H32N4O4/c1-17-14-19-15-22(32-4)23(33-5)16-21(19)24(26-29(17,3)25(30)31)18-6-8-20(9-7-18)28-12-10-27(2)11-13-28/h6-9,15-17H,10-14H2,1-5H3/p+1/t17-,29?/m0/s1. The van der Waals surface area contributed by atoms with Gasteiger partial charge < -0.3 is 24.4 Å². The molecule has 4 rings (SSSR count). The van der Waals surface area contributed by atoms with E-state index >= 15 is 0 Å². The smallest absolute Gasteiger partial charge is 0.493 e. The van der Waals surface area contributed by atoms with Crippen molar-refractivity contribution in [2.24, 2.45) is 5.10 Å². The number of carbonyl (C=O) groups is 1. The Balaban J connectivity index is 1.81. The number of ether oxygens (including phenoxy) is 2. The largest absolute Gasteiger partial charge is 0.540 e. The van der Waals surface area contributed by atoms with Crippen LogP contribution in [0.3, 0.4) is 0 Å². The molecule has 33 heavy (non-hydrogen) atoms. The number of hydrogen-bond donors (Lipinski definition) is 1. The predicted octanol–water partition coefficient (Wildman–Crippen LogP) is 3.28. The van der Waals surface area contributed by atoms with Crippen molar-refractivity contribution in [3.05, 3.63) is 53.1 Å². The van der Waals surface area contributed by atoms with Crippen molar-refractivity contribution in [3.63, 3.8) is 0 Å². The van der Waals surface area contributed by atoms with Gasteiger partial charge in [0.2, 0.25) is 0 Å². The lowest BCUT2D eigenvalue weighted by molar-refractivity contribution is -0.867. The van der Waals surface area contributed by atoms with Crippen molar-refractivity contribution in [2.45, 2.75) is 19.4 Å². The van der Waals surface area contributed by atoms with E-state index in [0.29, 0.717) is 23.6 Å². The molecule has 0 aromatic heterocycles. The van der Waals surface area contributed by atoms with Gasteiger partial charge in [-0.2, -0.15) is 4.79 Å². The van der Waals surface area contributed by atoms with E-state index in [9.17, 15) is 9.90 Å². The second-order valence-electron chi connectivity index (χ2n) is 9.01. The third kappa shape index (κ3) is 4.28. The summed E-state index contributed by atoms with van der Waals surface area (Å²) in [6, 6.07) is 11.9. The molecule has 1 amide bonds. The fraction of sp³-hybridized carbons (Fsp3) is 0.440. The Kier molecular flexibility index (Phi) is 6.32. The molecule has 176 valence electrons. The molecule has 2 heterocycles. The fourth-order valence-electron chi connectivity index (χ4n) is 4.51. The SMILES string of the molecule is COc1cc2c(cc1OC)C(c1ccc(N3CCN(C)CC3)cc1)=N[N+](C)(C(=O)O)[C@@H](C)C2. The highest BCUT2D eigenvalue weighted by molar-refractivity contribution is 6.14. The lowest BCUT2D eigenvalue weighted by Gasteiger charge is -2.34. The molecule has 1 unspecified atom stereocenters. The van der Waals surface area contributed by atoms with Crippen molar-refractivity contribution < 1.29 is 24.0 Å². The van der Waals surface area contributed by atoms with Gasteiger partial charge in [-0.1, -0.05) is 21.8 Å². The monoisotopic (exact) mass is 453 g/mol. The van der Waals surface area contributed by atoms with Gasteiger partial charge in [0.1, 0.15) is 18.8 Å². The topological polar surface area (TPSA) is 74.6 Å². The summed E-state index contributed by atoms with van der Waals surface area (Å²) in [5.74, 6) is 1.22. The first kappa shape index (κ1) is 23.1. The number of anilines is 1. The number of carboxylic acid groups (broad SMARTS) is 1. The maximum atomic E-state index is 12.3. The average Bonchev–Trinajstić information content (AvgIpc) is 2.93. The van der Waals surface area contributed by atoms with Crippen molar-refractivity contribution in [2.75, 3.05) is 59.4 Å². The molecule has 0 spiro atoms. The molecular formula is C25H33N4O4+. The van der Waals surface area contributed by atoms with Crippen molar-refractivity contribution in [3.8, 4) is 11.5 Å². The molecule has 2 aromatic carbocycles. The minimum Gasteiger partial charge on any atom is -0.493 e. The summed E-state index contributed by atoms with van der Waals surface area (Å²) in [7, 11) is 6.99. The summed E-state index contributed by atoms with van der Waals surface area (Å²) in [6.45, 7) is 5.97. The predicted molar refractivity (Wildman–Crippen MR) is 129 cm³/mol. The summed E-state index contributed by atoms with van der Waals surface area (Å²) < 4.78 is 10.6. The van der Waals surface area contributed by atoms with Crippen LogP contribution in [-0.4, -0.2) is 86.9 Å². The zero-order valence-electron chi connectivity index (χ0n) is 20.0. The zero-order valence-corrected chi connectivity index (χ0v) is 20.0. The molecule has 8 heteroatoms. The first-order chi connectivity index (χ1) is 15.8. The van der Waals surface area contributed by atoms with Crippen LogP contribution in [0, 0.1) is 0 Å². The molecule has 0 aliphatic carbocycles. The van der Waals surface area contributed by atoms with Crippen LogP contribution < -0.4 is 14.4 Å². The Morgan fingerprint density at radius 3 is 2.24 bits per heavy atom. The highest BCUT2D eigenvalue weighted by atomic mass is 16.5. The van der Waals surface area contributed by atoms with E-state index in [-0.39, 0.29) is 6.04 Å². The Bertz CT molecular complexity index is 1060. The normalized spacial score (nSPS) is 23.4. The van der Waals surface area contributed by atoms with E-state index in [2.05, 4.69) is 29.0 Å². The van der Waals surface area contributed by atoms with Crippen LogP contribution in [0.4, 0.5) is 10.5 Å². The van der Waals surface area contributed by atoms with E-state index in [0.717, 1.165) is 48.6 Å². The van der Waals surface area contributed by atoms with Crippen LogP contribution in [0.25, 0.3) is 0 Å². The van der Waals surface area contributed by atoms with Gasteiger partial charge in [-0.3, -0.25) is 0 Å². The molecule has 2 aliphatic heterocycles. The first-order valence-corrected chi connectivity index (χ1v) is 11.3. The van der Waals surface area contributed by atoms with Gasteiger partial charge in [0.15, 0.2) is 11.5 Å². The van der Waals surface area contributed by atoms with Crippen molar-refractivity contribution in [1.82, 2.24) is 4.90 Å². The van der Waals surface area contributed by atoms with Gasteiger partial charge in [0.05, 0.1) is 14.2 Å². The van der Waals surface area contributed by atoms with Gasteiger partial charge in [0.25, 0.3) is 0 Å². The number of fused-ring (bicyclic) bond motifs is 1. The maximum absolute atomic E-state index is 12.3. The summed E-state index contributed by atoms with van der Waals surface area (Å²) >= 11 is 0. The highest BCUT2D eigenvalue weighted by Gasteiger charge is 2.42. The van der Waals surface area contributed by atoms with Gasteiger partial charge in [-0.05, 0) is 43.8 Å². The third-order valence-corrected chi connectivity index (χ3v) is 6.94. The summed E-state index contributed by atoms with van der Waals surface area (Å²) in [5, 5.41) is 14.9. The average molecular weight is 454 g/mol. The quantitative estimate of drug-likeness (QED) is 0.717. The summed E-state index contributed by atoms with van der Waals surface area (Å²) in [6.07, 6.45) is -0.439. The number of piperazine rings is 1. The number of likely N-dealkylation sites (N-methyl/N-ethyl adjacent to an activating group) is 2. The van der Waals surface area contributed by atoms with Gasteiger partial charge in [-0.15, -0.1) is 0 Å². The van der Waals surface area contributed by atoms with E-state index in [1.807, 2.05) is 31.2 Å². The molecule has 0 saturated carbocycles. The molecule has 1 N–H and O–H groups in total. The Labute approximate surface area is 195 Å². The van der Waals surface area contributed by atoms with Gasteiger partial charge in [0, 0.05) is 49.4 Å². The molecule has 1 fully saturated rings. The molecule has 2 aliphatic rings. The lowest BCUT2D eigenvalue weighted by Crippen LogP contribution is -2.51. The number of rotatable bonds is 4. The van der Waals surface area contributed by atoms with Crippen LogP contribution >= 0.6 is 0 Å².